The minimum atomic E-state index is -0.321. The maximum Gasteiger partial charge on any atom is 0.128 e. The standard InChI is InChI=1S/C15H15N3O/c16-9-10-8-15(18-13-6-3-7-14(13)19)17-12-5-2-1-4-11(10)12/h1-2,4-5,8,13-14,19H,3,6-7H2,(H,17,18)/t13-,14-/m1/s1. The van der Waals surface area contributed by atoms with Crippen LogP contribution in [-0.4, -0.2) is 22.2 Å². The number of rotatable bonds is 2. The van der Waals surface area contributed by atoms with E-state index in [9.17, 15) is 10.4 Å². The summed E-state index contributed by atoms with van der Waals surface area (Å²) in [5, 5.41) is 23.2. The molecule has 1 saturated carbocycles. The number of aliphatic hydroxyl groups excluding tert-OH is 1. The van der Waals surface area contributed by atoms with Crippen molar-refractivity contribution in [2.75, 3.05) is 5.32 Å². The smallest absolute Gasteiger partial charge is 0.128 e. The summed E-state index contributed by atoms with van der Waals surface area (Å²) in [7, 11) is 0. The van der Waals surface area contributed by atoms with Gasteiger partial charge in [-0.1, -0.05) is 18.2 Å². The highest BCUT2D eigenvalue weighted by atomic mass is 16.3. The summed E-state index contributed by atoms with van der Waals surface area (Å²) in [5.41, 5.74) is 1.41. The average Bonchev–Trinajstić information content (AvgIpc) is 2.83. The van der Waals surface area contributed by atoms with Crippen molar-refractivity contribution in [1.82, 2.24) is 4.98 Å². The summed E-state index contributed by atoms with van der Waals surface area (Å²) in [6, 6.07) is 11.6. The number of hydrogen-bond acceptors (Lipinski definition) is 4. The van der Waals surface area contributed by atoms with Crippen LogP contribution in [0.2, 0.25) is 0 Å². The van der Waals surface area contributed by atoms with Gasteiger partial charge in [0.25, 0.3) is 0 Å². The number of nitriles is 1. The zero-order valence-electron chi connectivity index (χ0n) is 10.5. The number of nitrogens with zero attached hydrogens (tertiary/aromatic N) is 2. The maximum atomic E-state index is 9.83. The van der Waals surface area contributed by atoms with Gasteiger partial charge in [-0.25, -0.2) is 4.98 Å². The quantitative estimate of drug-likeness (QED) is 0.862. The number of aromatic nitrogens is 1. The molecule has 0 aliphatic heterocycles. The maximum absolute atomic E-state index is 9.83. The average molecular weight is 253 g/mol. The summed E-state index contributed by atoms with van der Waals surface area (Å²) in [5.74, 6) is 0.668. The summed E-state index contributed by atoms with van der Waals surface area (Å²) in [4.78, 5) is 4.51. The molecule has 19 heavy (non-hydrogen) atoms. The predicted molar refractivity (Wildman–Crippen MR) is 73.7 cm³/mol. The fraction of sp³-hybridized carbons (Fsp3) is 0.333. The van der Waals surface area contributed by atoms with E-state index in [0.717, 1.165) is 30.2 Å². The molecular formula is C15H15N3O. The Kier molecular flexibility index (Phi) is 3.06. The van der Waals surface area contributed by atoms with Crippen LogP contribution in [0.4, 0.5) is 5.82 Å². The van der Waals surface area contributed by atoms with Crippen molar-refractivity contribution in [3.8, 4) is 6.07 Å². The van der Waals surface area contributed by atoms with Crippen LogP contribution in [0.3, 0.4) is 0 Å². The first-order valence-corrected chi connectivity index (χ1v) is 6.52. The molecule has 1 aromatic carbocycles. The van der Waals surface area contributed by atoms with Gasteiger partial charge in [-0.15, -0.1) is 0 Å². The van der Waals surface area contributed by atoms with Crippen LogP contribution in [0.15, 0.2) is 30.3 Å². The van der Waals surface area contributed by atoms with Crippen molar-refractivity contribution in [3.63, 3.8) is 0 Å². The second-order valence-electron chi connectivity index (χ2n) is 4.93. The third-order valence-electron chi connectivity index (χ3n) is 3.65. The van der Waals surface area contributed by atoms with E-state index >= 15 is 0 Å². The predicted octanol–water partition coefficient (Wildman–Crippen LogP) is 2.43. The van der Waals surface area contributed by atoms with E-state index in [1.54, 1.807) is 6.07 Å². The topological polar surface area (TPSA) is 68.9 Å². The van der Waals surface area contributed by atoms with Gasteiger partial charge < -0.3 is 10.4 Å². The van der Waals surface area contributed by atoms with E-state index < -0.39 is 0 Å². The van der Waals surface area contributed by atoms with Gasteiger partial charge in [0.05, 0.1) is 29.3 Å². The van der Waals surface area contributed by atoms with E-state index in [0.29, 0.717) is 11.4 Å². The van der Waals surface area contributed by atoms with Gasteiger partial charge in [-0.05, 0) is 31.4 Å². The summed E-state index contributed by atoms with van der Waals surface area (Å²) < 4.78 is 0. The first-order valence-electron chi connectivity index (χ1n) is 6.52. The zero-order valence-corrected chi connectivity index (χ0v) is 10.5. The molecule has 0 unspecified atom stereocenters. The molecular weight excluding hydrogens is 238 g/mol. The molecule has 2 atom stereocenters. The minimum absolute atomic E-state index is 0.0419. The number of nitrogens with one attached hydrogen (secondary N) is 1. The van der Waals surface area contributed by atoms with Crippen molar-refractivity contribution in [2.24, 2.45) is 0 Å². The molecule has 96 valence electrons. The summed E-state index contributed by atoms with van der Waals surface area (Å²) >= 11 is 0. The highest BCUT2D eigenvalue weighted by Gasteiger charge is 2.25. The van der Waals surface area contributed by atoms with Gasteiger partial charge in [-0.2, -0.15) is 5.26 Å². The van der Waals surface area contributed by atoms with Gasteiger partial charge in [0, 0.05) is 5.39 Å². The van der Waals surface area contributed by atoms with Gasteiger partial charge >= 0.3 is 0 Å². The van der Waals surface area contributed by atoms with Crippen LogP contribution in [0, 0.1) is 11.3 Å². The first kappa shape index (κ1) is 11.9. The molecule has 0 saturated heterocycles. The van der Waals surface area contributed by atoms with E-state index in [1.807, 2.05) is 24.3 Å². The lowest BCUT2D eigenvalue weighted by Crippen LogP contribution is -2.28. The van der Waals surface area contributed by atoms with Crippen LogP contribution in [0.25, 0.3) is 10.9 Å². The highest BCUT2D eigenvalue weighted by molar-refractivity contribution is 5.86. The Bertz CT molecular complexity index is 647. The number of aliphatic hydroxyl groups is 1. The van der Waals surface area contributed by atoms with Crippen molar-refractivity contribution in [3.05, 3.63) is 35.9 Å². The van der Waals surface area contributed by atoms with E-state index in [2.05, 4.69) is 16.4 Å². The van der Waals surface area contributed by atoms with Crippen molar-refractivity contribution >= 4 is 16.7 Å². The number of pyridine rings is 1. The molecule has 0 spiro atoms. The number of benzene rings is 1. The second kappa shape index (κ2) is 4.87. The van der Waals surface area contributed by atoms with Gasteiger partial charge in [0.2, 0.25) is 0 Å². The molecule has 0 radical (unpaired) electrons. The Morgan fingerprint density at radius 3 is 2.89 bits per heavy atom. The van der Waals surface area contributed by atoms with E-state index in [-0.39, 0.29) is 12.1 Å². The Morgan fingerprint density at radius 1 is 1.32 bits per heavy atom. The SMILES string of the molecule is N#Cc1cc(N[C@@H]2CCC[C@H]2O)nc2ccccc12. The van der Waals surface area contributed by atoms with Crippen LogP contribution >= 0.6 is 0 Å². The number of anilines is 1. The van der Waals surface area contributed by atoms with Crippen LogP contribution < -0.4 is 5.32 Å². The van der Waals surface area contributed by atoms with Crippen LogP contribution in [-0.2, 0) is 0 Å². The van der Waals surface area contributed by atoms with Gasteiger partial charge in [-0.3, -0.25) is 0 Å². The Hall–Kier alpha value is -2.12. The summed E-state index contributed by atoms with van der Waals surface area (Å²) in [6.07, 6.45) is 2.48. The largest absolute Gasteiger partial charge is 0.391 e. The monoisotopic (exact) mass is 253 g/mol. The van der Waals surface area contributed by atoms with Crippen molar-refractivity contribution < 1.29 is 5.11 Å². The molecule has 4 heteroatoms. The van der Waals surface area contributed by atoms with E-state index in [4.69, 9.17) is 0 Å². The zero-order chi connectivity index (χ0) is 13.2. The number of para-hydroxylation sites is 1. The lowest BCUT2D eigenvalue weighted by molar-refractivity contribution is 0.171. The summed E-state index contributed by atoms with van der Waals surface area (Å²) in [6.45, 7) is 0. The van der Waals surface area contributed by atoms with Gasteiger partial charge in [0.1, 0.15) is 5.82 Å². The molecule has 2 N–H and O–H groups in total. The van der Waals surface area contributed by atoms with Crippen molar-refractivity contribution in [2.45, 2.75) is 31.4 Å². The molecule has 1 aromatic heterocycles. The fourth-order valence-corrected chi connectivity index (χ4v) is 2.64. The fourth-order valence-electron chi connectivity index (χ4n) is 2.64. The third-order valence-corrected chi connectivity index (χ3v) is 3.65. The van der Waals surface area contributed by atoms with Gasteiger partial charge in [0.15, 0.2) is 0 Å². The highest BCUT2D eigenvalue weighted by Crippen LogP contribution is 2.25. The second-order valence-corrected chi connectivity index (χ2v) is 4.93. The Labute approximate surface area is 111 Å². The molecule has 3 rings (SSSR count). The van der Waals surface area contributed by atoms with Crippen LogP contribution in [0.5, 0.6) is 0 Å². The molecule has 1 heterocycles. The van der Waals surface area contributed by atoms with E-state index in [1.165, 1.54) is 0 Å². The molecule has 1 aliphatic carbocycles. The molecule has 0 bridgehead atoms. The molecule has 2 aromatic rings. The third kappa shape index (κ3) is 2.25. The van der Waals surface area contributed by atoms with Crippen molar-refractivity contribution in [1.29, 1.82) is 5.26 Å². The normalized spacial score (nSPS) is 22.3. The Balaban J connectivity index is 1.98. The molecule has 1 fully saturated rings. The number of fused-ring (bicyclic) bond motifs is 1. The first-order chi connectivity index (χ1) is 9.28. The van der Waals surface area contributed by atoms with Crippen LogP contribution in [0.1, 0.15) is 24.8 Å². The lowest BCUT2D eigenvalue weighted by atomic mass is 10.1. The Morgan fingerprint density at radius 2 is 2.16 bits per heavy atom. The minimum Gasteiger partial charge on any atom is -0.391 e. The number of hydrogen-bond donors (Lipinski definition) is 2. The molecule has 4 nitrogen and oxygen atoms in total. The lowest BCUT2D eigenvalue weighted by Gasteiger charge is -2.17. The molecule has 1 aliphatic rings. The molecule has 0 amide bonds.